The van der Waals surface area contributed by atoms with Gasteiger partial charge in [-0.25, -0.2) is 4.39 Å². The topological polar surface area (TPSA) is 156 Å². The van der Waals surface area contributed by atoms with E-state index in [0.29, 0.717) is 49.7 Å². The van der Waals surface area contributed by atoms with Crippen LogP contribution in [0.2, 0.25) is 0 Å². The average Bonchev–Trinajstić information content (AvgIpc) is 3.35. The first kappa shape index (κ1) is 59.3. The van der Waals surface area contributed by atoms with Crippen LogP contribution in [0.1, 0.15) is 147 Å². The van der Waals surface area contributed by atoms with Crippen molar-refractivity contribution in [2.45, 2.75) is 172 Å². The van der Waals surface area contributed by atoms with E-state index in [1.54, 1.807) is 24.3 Å². The van der Waals surface area contributed by atoms with E-state index in [9.17, 15) is 40.7 Å². The molecule has 1 N–H and O–H groups in total. The van der Waals surface area contributed by atoms with Crippen LogP contribution in [0.25, 0.3) is 0 Å². The summed E-state index contributed by atoms with van der Waals surface area (Å²) in [6, 6.07) is 16.5. The van der Waals surface area contributed by atoms with Crippen LogP contribution in [0.5, 0.6) is 5.75 Å². The lowest BCUT2D eigenvalue weighted by atomic mass is 9.74. The maximum Gasteiger partial charge on any atom is 0.534 e. The Balaban J connectivity index is 1.56. The quantitative estimate of drug-likeness (QED) is 0.0134. The van der Waals surface area contributed by atoms with Gasteiger partial charge < -0.3 is 42.6 Å². The predicted octanol–water partition coefficient (Wildman–Crippen LogP) is 10.9. The van der Waals surface area contributed by atoms with Gasteiger partial charge in [0.1, 0.15) is 48.2 Å². The Bertz CT molecular complexity index is 2310. The summed E-state index contributed by atoms with van der Waals surface area (Å²) in [5.41, 5.74) is -5.71. The Morgan fingerprint density at radius 2 is 1.19 bits per heavy atom. The molecule has 1 unspecified atom stereocenters. The first-order valence-corrected chi connectivity index (χ1v) is 27.1. The first-order valence-electron chi connectivity index (χ1n) is 25.7. The summed E-state index contributed by atoms with van der Waals surface area (Å²) in [5, 5.41) is 13.3. The van der Waals surface area contributed by atoms with Crippen LogP contribution in [0.4, 0.5) is 23.2 Å². The number of nitrogens with zero attached hydrogens (tertiary/aromatic N) is 1. The van der Waals surface area contributed by atoms with Gasteiger partial charge in [0, 0.05) is 51.2 Å². The summed E-state index contributed by atoms with van der Waals surface area (Å²) < 4.78 is 120. The summed E-state index contributed by atoms with van der Waals surface area (Å²) in [4.78, 5) is 27.8. The number of esters is 1. The van der Waals surface area contributed by atoms with Crippen LogP contribution in [-0.2, 0) is 48.1 Å². The minimum atomic E-state index is -5.95. The molecule has 1 heterocycles. The third-order valence-corrected chi connectivity index (χ3v) is 13.9. The summed E-state index contributed by atoms with van der Waals surface area (Å²) >= 11 is 0. The molecule has 1 amide bonds. The zero-order valence-electron chi connectivity index (χ0n) is 42.9. The van der Waals surface area contributed by atoms with Crippen LogP contribution in [-0.4, -0.2) is 100 Å². The lowest BCUT2D eigenvalue weighted by Crippen LogP contribution is -2.73. The van der Waals surface area contributed by atoms with E-state index < -0.39 is 87.3 Å². The Labute approximate surface area is 428 Å². The predicted molar refractivity (Wildman–Crippen MR) is 267 cm³/mol. The molecule has 1 aliphatic carbocycles. The molecule has 18 heteroatoms. The molecule has 0 radical (unpaired) electrons. The molecule has 73 heavy (non-hydrogen) atoms. The second-order valence-corrected chi connectivity index (χ2v) is 20.1. The van der Waals surface area contributed by atoms with Gasteiger partial charge in [-0.15, -0.1) is 0 Å². The molecule has 0 spiro atoms. The number of hydrogen-bond acceptors (Lipinski definition) is 12. The number of benzene rings is 3. The summed E-state index contributed by atoms with van der Waals surface area (Å²) in [7, 11) is -5.95. The number of carbonyl (C=O) groups excluding carboxylic acids is 2. The third-order valence-electron chi connectivity index (χ3n) is 12.9. The highest BCUT2D eigenvalue weighted by molar-refractivity contribution is 7.88. The van der Waals surface area contributed by atoms with Crippen molar-refractivity contribution in [3.8, 4) is 17.6 Å². The van der Waals surface area contributed by atoms with Crippen molar-refractivity contribution in [2.75, 3.05) is 37.9 Å². The molecule has 13 nitrogen and oxygen atoms in total. The van der Waals surface area contributed by atoms with E-state index in [2.05, 4.69) is 50.6 Å². The zero-order chi connectivity index (χ0) is 53.2. The minimum absolute atomic E-state index is 0.177. The van der Waals surface area contributed by atoms with Crippen molar-refractivity contribution >= 4 is 27.7 Å². The zero-order valence-corrected chi connectivity index (χ0v) is 43.7. The lowest BCUT2D eigenvalue weighted by molar-refractivity contribution is -0.293. The number of rotatable bonds is 29. The van der Waals surface area contributed by atoms with E-state index in [0.717, 1.165) is 76.3 Å². The molecule has 1 saturated heterocycles. The van der Waals surface area contributed by atoms with Gasteiger partial charge in [-0.3, -0.25) is 9.59 Å². The van der Waals surface area contributed by atoms with Crippen molar-refractivity contribution in [1.29, 1.82) is 0 Å². The van der Waals surface area contributed by atoms with Gasteiger partial charge in [0.05, 0.1) is 12.0 Å². The maximum atomic E-state index is 14.1. The Morgan fingerprint density at radius 1 is 0.712 bits per heavy atom. The number of unbranched alkanes of at least 4 members (excludes halogenated alkanes) is 5. The number of β-lactam (4-membered cyclic amide) rings is 1. The fraction of sp³-hybridized carbons (Fsp3) is 0.600. The second-order valence-electron chi connectivity index (χ2n) is 18.5. The second kappa shape index (κ2) is 28.3. The van der Waals surface area contributed by atoms with Crippen molar-refractivity contribution in [3.63, 3.8) is 0 Å². The van der Waals surface area contributed by atoms with Crippen molar-refractivity contribution < 1.29 is 73.3 Å². The minimum Gasteiger partial charge on any atom is -0.458 e. The Kier molecular flexibility index (Phi) is 23.0. The van der Waals surface area contributed by atoms with Crippen LogP contribution >= 0.6 is 0 Å². The lowest BCUT2D eigenvalue weighted by Gasteiger charge is -2.52. The maximum absolute atomic E-state index is 14.1. The van der Waals surface area contributed by atoms with E-state index >= 15 is 0 Å². The summed E-state index contributed by atoms with van der Waals surface area (Å²) in [6.07, 6.45) is 3.53. The fourth-order valence-corrected chi connectivity index (χ4v) is 9.37. The smallest absolute Gasteiger partial charge is 0.458 e. The van der Waals surface area contributed by atoms with Crippen molar-refractivity contribution in [3.05, 3.63) is 95.3 Å². The number of aliphatic hydroxyl groups is 1. The van der Waals surface area contributed by atoms with Gasteiger partial charge in [0.25, 0.3) is 0 Å². The third kappa shape index (κ3) is 15.7. The van der Waals surface area contributed by atoms with E-state index in [1.165, 1.54) is 48.2 Å². The molecule has 3 aromatic carbocycles. The highest BCUT2D eigenvalue weighted by Gasteiger charge is 2.62. The number of ether oxygens (including phenoxy) is 6. The van der Waals surface area contributed by atoms with Crippen LogP contribution in [0, 0.1) is 23.6 Å². The van der Waals surface area contributed by atoms with Gasteiger partial charge in [-0.1, -0.05) is 103 Å². The van der Waals surface area contributed by atoms with Crippen LogP contribution in [0.3, 0.4) is 0 Å². The summed E-state index contributed by atoms with van der Waals surface area (Å²) in [6.45, 7) is 13.5. The highest BCUT2D eigenvalue weighted by Crippen LogP contribution is 2.47. The fourth-order valence-electron chi connectivity index (χ4n) is 8.91. The number of anilines is 1. The number of halogens is 4. The first-order chi connectivity index (χ1) is 34.9. The van der Waals surface area contributed by atoms with Crippen molar-refractivity contribution in [2.24, 2.45) is 5.92 Å². The molecular weight excluding hydrogens is 975 g/mol. The normalized spacial score (nSPS) is 23.6. The van der Waals surface area contributed by atoms with Gasteiger partial charge in [0.15, 0.2) is 5.60 Å². The van der Waals surface area contributed by atoms with Gasteiger partial charge in [0.2, 0.25) is 5.91 Å². The number of carbonyl (C=O) groups is 2. The van der Waals surface area contributed by atoms with Crippen molar-refractivity contribution in [1.82, 2.24) is 0 Å². The monoisotopic (exact) mass is 1050 g/mol. The van der Waals surface area contributed by atoms with E-state index in [1.807, 2.05) is 0 Å². The van der Waals surface area contributed by atoms with Crippen LogP contribution in [0.15, 0.2) is 72.8 Å². The van der Waals surface area contributed by atoms with E-state index in [4.69, 9.17) is 28.4 Å². The Hall–Kier alpha value is -4.61. The molecular formula is C55H73F4NO12S. The largest absolute Gasteiger partial charge is 0.534 e. The van der Waals surface area contributed by atoms with Gasteiger partial charge in [-0.2, -0.15) is 21.6 Å². The number of hydrogen-bond donors (Lipinski definition) is 1. The molecule has 404 valence electrons. The number of alkyl halides is 3. The molecule has 0 bridgehead atoms. The van der Waals surface area contributed by atoms with Gasteiger partial charge >= 0.3 is 21.6 Å². The molecule has 0 aromatic heterocycles. The Morgan fingerprint density at radius 3 is 1.66 bits per heavy atom. The van der Waals surface area contributed by atoms with Gasteiger partial charge in [-0.05, 0) is 105 Å². The molecule has 3 aromatic rings. The SMILES string of the molecule is CCCCO[C@@H]1[C@@H](OCCCC)[C@H](OCCCC)C(O)(C#Cc2ccc([C@@H]3[C@@H](CC[C@H](OC(C)=O)c4ccc(F)cc4)C(=O)N3c3ccc(OS(=O)(=O)C(F)(F)F)cc3)cc2)[C@H](OCCCC)[C@H]1OCCCC. The molecule has 1 aliphatic heterocycles. The number of amides is 1. The molecule has 5 rings (SSSR count). The summed E-state index contributed by atoms with van der Waals surface area (Å²) in [5.74, 6) is 3.68. The highest BCUT2D eigenvalue weighted by atomic mass is 32.2. The van der Waals surface area contributed by atoms with Crippen LogP contribution < -0.4 is 9.08 Å². The molecule has 2 aliphatic rings. The molecule has 1 saturated carbocycles. The average molecular weight is 1050 g/mol. The van der Waals surface area contributed by atoms with E-state index in [-0.39, 0.29) is 24.4 Å². The standard InChI is InChI=1S/C55H73F4NO12S/c1-7-12-33-66-48-49(67-34-13-8-2)51(69-36-15-10-4)54(63,52(70-37-16-11-5)50(48)68-35-14-9-3)32-31-39-17-19-41(20-18-39)47-45(29-30-46(71-38(6)61)40-21-23-42(56)24-22-40)53(62)60(47)43-25-27-44(28-26-43)72-73(64,65)55(57,58)59/h17-28,45-52,63H,7-16,29-30,33-37H2,1-6H3/t45-,46+,47-,48-,49-,50+,51+,52-,54?/m1/s1. The molecule has 2 fully saturated rings. The molecule has 9 atom stereocenters.